The largest absolute Gasteiger partial charge is 0.367 e. The van der Waals surface area contributed by atoms with Crippen molar-refractivity contribution in [1.82, 2.24) is 24.6 Å². The highest BCUT2D eigenvalue weighted by Crippen LogP contribution is 2.45. The molecule has 8 nitrogen and oxygen atoms in total. The lowest BCUT2D eigenvalue weighted by Crippen LogP contribution is -2.45. The Morgan fingerprint density at radius 3 is 2.53 bits per heavy atom. The third-order valence-corrected chi connectivity index (χ3v) is 7.66. The standard InChI is InChI=1S/C24H35N7O/c1-17-14-25-23(28-20-15-26-30(2)16-20)29-22(17)27-19-5-7-24(8-6-19)9-11-31(12-10-24)21(32)13-18-3-4-18/h14-16,18-19H,3-13H2,1-2H3,(H2,25,27,28,29). The van der Waals surface area contributed by atoms with Crippen LogP contribution in [-0.4, -0.2) is 49.7 Å². The second-order valence-electron chi connectivity index (χ2n) is 10.2. The van der Waals surface area contributed by atoms with E-state index in [1.807, 2.05) is 19.4 Å². The Morgan fingerprint density at radius 2 is 1.88 bits per heavy atom. The van der Waals surface area contributed by atoms with E-state index in [9.17, 15) is 4.79 Å². The minimum atomic E-state index is 0.396. The van der Waals surface area contributed by atoms with Gasteiger partial charge < -0.3 is 15.5 Å². The summed E-state index contributed by atoms with van der Waals surface area (Å²) >= 11 is 0. The van der Waals surface area contributed by atoms with Crippen LogP contribution in [0.4, 0.5) is 17.5 Å². The number of aromatic nitrogens is 4. The smallest absolute Gasteiger partial charge is 0.229 e. The molecule has 3 fully saturated rings. The Kier molecular flexibility index (Phi) is 5.78. The van der Waals surface area contributed by atoms with E-state index in [0.29, 0.717) is 29.2 Å². The monoisotopic (exact) mass is 437 g/mol. The minimum absolute atomic E-state index is 0.396. The molecule has 1 amide bonds. The summed E-state index contributed by atoms with van der Waals surface area (Å²) in [4.78, 5) is 23.7. The van der Waals surface area contributed by atoms with E-state index in [1.165, 1.54) is 38.5 Å². The summed E-state index contributed by atoms with van der Waals surface area (Å²) in [5.74, 6) is 2.58. The molecule has 1 saturated heterocycles. The number of anilines is 3. The number of nitrogens with zero attached hydrogens (tertiary/aromatic N) is 5. The molecule has 2 saturated carbocycles. The van der Waals surface area contributed by atoms with Gasteiger partial charge in [-0.15, -0.1) is 0 Å². The van der Waals surface area contributed by atoms with Crippen LogP contribution in [0.15, 0.2) is 18.6 Å². The van der Waals surface area contributed by atoms with Gasteiger partial charge in [0.05, 0.1) is 11.9 Å². The predicted octanol–water partition coefficient (Wildman–Crippen LogP) is 4.03. The first-order chi connectivity index (χ1) is 15.5. The van der Waals surface area contributed by atoms with Crippen LogP contribution in [0.2, 0.25) is 0 Å². The Bertz CT molecular complexity index is 949. The van der Waals surface area contributed by atoms with Crippen molar-refractivity contribution >= 4 is 23.4 Å². The molecule has 2 aliphatic carbocycles. The van der Waals surface area contributed by atoms with Gasteiger partial charge in [-0.2, -0.15) is 10.1 Å². The molecule has 0 aromatic carbocycles. The van der Waals surface area contributed by atoms with Gasteiger partial charge >= 0.3 is 0 Å². The number of hydrogen-bond donors (Lipinski definition) is 2. The molecule has 2 aromatic heterocycles. The van der Waals surface area contributed by atoms with E-state index in [4.69, 9.17) is 4.98 Å². The average molecular weight is 438 g/mol. The van der Waals surface area contributed by atoms with Crippen LogP contribution in [0.1, 0.15) is 63.4 Å². The van der Waals surface area contributed by atoms with E-state index in [0.717, 1.165) is 49.4 Å². The summed E-state index contributed by atoms with van der Waals surface area (Å²) in [6.07, 6.45) is 16.0. The van der Waals surface area contributed by atoms with Crippen LogP contribution in [0.25, 0.3) is 0 Å². The lowest BCUT2D eigenvalue weighted by Gasteiger charge is -2.46. The molecule has 0 unspecified atom stereocenters. The number of carbonyl (C=O) groups excluding carboxylic acids is 1. The molecule has 8 heteroatoms. The third-order valence-electron chi connectivity index (χ3n) is 7.66. The van der Waals surface area contributed by atoms with Gasteiger partial charge in [0.25, 0.3) is 0 Å². The van der Waals surface area contributed by atoms with Gasteiger partial charge in [0, 0.05) is 50.6 Å². The zero-order chi connectivity index (χ0) is 22.1. The van der Waals surface area contributed by atoms with Crippen LogP contribution in [0.5, 0.6) is 0 Å². The van der Waals surface area contributed by atoms with Crippen LogP contribution in [0.3, 0.4) is 0 Å². The molecule has 2 N–H and O–H groups in total. The fourth-order valence-corrected chi connectivity index (χ4v) is 5.26. The highest BCUT2D eigenvalue weighted by atomic mass is 16.2. The highest BCUT2D eigenvalue weighted by molar-refractivity contribution is 5.76. The zero-order valence-electron chi connectivity index (χ0n) is 19.3. The Labute approximate surface area is 190 Å². The van der Waals surface area contributed by atoms with Crippen molar-refractivity contribution in [2.45, 2.75) is 70.8 Å². The number of hydrogen-bond acceptors (Lipinski definition) is 6. The van der Waals surface area contributed by atoms with E-state index >= 15 is 0 Å². The third kappa shape index (κ3) is 4.89. The van der Waals surface area contributed by atoms with Gasteiger partial charge in [-0.3, -0.25) is 9.48 Å². The number of piperidine rings is 1. The normalized spacial score (nSPS) is 21.0. The summed E-state index contributed by atoms with van der Waals surface area (Å²) in [7, 11) is 1.89. The Morgan fingerprint density at radius 1 is 1.12 bits per heavy atom. The zero-order valence-corrected chi connectivity index (χ0v) is 19.3. The number of amides is 1. The fourth-order valence-electron chi connectivity index (χ4n) is 5.26. The predicted molar refractivity (Wildman–Crippen MR) is 125 cm³/mol. The molecular formula is C24H35N7O. The molecule has 2 aromatic rings. The van der Waals surface area contributed by atoms with Gasteiger partial charge in [0.1, 0.15) is 5.82 Å². The van der Waals surface area contributed by atoms with Crippen LogP contribution in [0, 0.1) is 18.3 Å². The lowest BCUT2D eigenvalue weighted by molar-refractivity contribution is -0.134. The van der Waals surface area contributed by atoms with E-state index < -0.39 is 0 Å². The van der Waals surface area contributed by atoms with Crippen molar-refractivity contribution in [2.24, 2.45) is 18.4 Å². The minimum Gasteiger partial charge on any atom is -0.367 e. The van der Waals surface area contributed by atoms with Gasteiger partial charge in [-0.25, -0.2) is 4.98 Å². The molecule has 1 aliphatic heterocycles. The second kappa shape index (κ2) is 8.71. The van der Waals surface area contributed by atoms with Gasteiger partial charge in [-0.1, -0.05) is 0 Å². The molecule has 3 heterocycles. The van der Waals surface area contributed by atoms with Crippen molar-refractivity contribution in [2.75, 3.05) is 23.7 Å². The van der Waals surface area contributed by atoms with Crippen molar-refractivity contribution in [3.05, 3.63) is 24.2 Å². The molecule has 32 heavy (non-hydrogen) atoms. The first-order valence-corrected chi connectivity index (χ1v) is 12.1. The maximum absolute atomic E-state index is 12.4. The molecule has 0 radical (unpaired) electrons. The van der Waals surface area contributed by atoms with Crippen molar-refractivity contribution in [3.63, 3.8) is 0 Å². The first kappa shape index (κ1) is 21.2. The summed E-state index contributed by atoms with van der Waals surface area (Å²) < 4.78 is 1.75. The number of aryl methyl sites for hydroxylation is 2. The van der Waals surface area contributed by atoms with Crippen LogP contribution in [-0.2, 0) is 11.8 Å². The topological polar surface area (TPSA) is 88.0 Å². The van der Waals surface area contributed by atoms with Crippen LogP contribution >= 0.6 is 0 Å². The summed E-state index contributed by atoms with van der Waals surface area (Å²) in [5.41, 5.74) is 2.37. The maximum Gasteiger partial charge on any atom is 0.229 e. The second-order valence-corrected chi connectivity index (χ2v) is 10.2. The number of rotatable bonds is 6. The number of likely N-dealkylation sites (tertiary alicyclic amines) is 1. The van der Waals surface area contributed by atoms with E-state index in [2.05, 4.69) is 32.5 Å². The van der Waals surface area contributed by atoms with Crippen LogP contribution < -0.4 is 10.6 Å². The van der Waals surface area contributed by atoms with Gasteiger partial charge in [-0.05, 0) is 69.6 Å². The molecule has 172 valence electrons. The molecule has 3 aliphatic rings. The van der Waals surface area contributed by atoms with Crippen molar-refractivity contribution < 1.29 is 4.79 Å². The average Bonchev–Trinajstić information content (AvgIpc) is 3.51. The summed E-state index contributed by atoms with van der Waals surface area (Å²) in [5, 5.41) is 11.1. The molecule has 0 atom stereocenters. The number of carbonyl (C=O) groups is 1. The quantitative estimate of drug-likeness (QED) is 0.710. The highest BCUT2D eigenvalue weighted by Gasteiger charge is 2.39. The number of nitrogens with one attached hydrogen (secondary N) is 2. The SMILES string of the molecule is Cc1cnc(Nc2cnn(C)c2)nc1NC1CCC2(CC1)CCN(C(=O)CC1CC1)CC2. The fraction of sp³-hybridized carbons (Fsp3) is 0.667. The van der Waals surface area contributed by atoms with Crippen molar-refractivity contribution in [1.29, 1.82) is 0 Å². The Balaban J connectivity index is 1.13. The summed E-state index contributed by atoms with van der Waals surface area (Å²) in [6, 6.07) is 0.440. The molecule has 1 spiro atoms. The van der Waals surface area contributed by atoms with Crippen molar-refractivity contribution in [3.8, 4) is 0 Å². The van der Waals surface area contributed by atoms with Gasteiger partial charge in [0.15, 0.2) is 0 Å². The van der Waals surface area contributed by atoms with E-state index in [-0.39, 0.29) is 0 Å². The molecule has 5 rings (SSSR count). The summed E-state index contributed by atoms with van der Waals surface area (Å²) in [6.45, 7) is 3.96. The maximum atomic E-state index is 12.4. The molecular weight excluding hydrogens is 402 g/mol. The first-order valence-electron chi connectivity index (χ1n) is 12.1. The van der Waals surface area contributed by atoms with Gasteiger partial charge in [0.2, 0.25) is 11.9 Å². The lowest BCUT2D eigenvalue weighted by atomic mass is 9.67. The van der Waals surface area contributed by atoms with E-state index in [1.54, 1.807) is 10.9 Å². The Hall–Kier alpha value is -2.64. The molecule has 0 bridgehead atoms.